The Morgan fingerprint density at radius 1 is 1.43 bits per heavy atom. The lowest BCUT2D eigenvalue weighted by molar-refractivity contribution is -0.114. The van der Waals surface area contributed by atoms with Gasteiger partial charge in [0.15, 0.2) is 0 Å². The van der Waals surface area contributed by atoms with Crippen LogP contribution in [0.4, 0.5) is 5.00 Å². The van der Waals surface area contributed by atoms with Gasteiger partial charge >= 0.3 is 0 Å². The van der Waals surface area contributed by atoms with Crippen LogP contribution in [0.1, 0.15) is 34.6 Å². The van der Waals surface area contributed by atoms with Crippen molar-refractivity contribution in [3.05, 3.63) is 16.0 Å². The second-order valence-corrected chi connectivity index (χ2v) is 6.16. The molecule has 0 bridgehead atoms. The second kappa shape index (κ2) is 7.02. The Morgan fingerprint density at radius 2 is 2.19 bits per heavy atom. The molecule has 4 N–H and O–H groups in total. The third kappa shape index (κ3) is 3.61. The number of hydrogen-bond acceptors (Lipinski definition) is 5. The van der Waals surface area contributed by atoms with Crippen molar-refractivity contribution < 1.29 is 9.59 Å². The molecule has 1 aromatic heterocycles. The third-order valence-corrected chi connectivity index (χ3v) is 4.66. The lowest BCUT2D eigenvalue weighted by atomic mass is 10.0. The van der Waals surface area contributed by atoms with Crippen LogP contribution in [-0.4, -0.2) is 42.9 Å². The summed E-state index contributed by atoms with van der Waals surface area (Å²) >= 11 is 1.51. The number of carbonyl (C=O) groups excluding carboxylic acids is 2. The van der Waals surface area contributed by atoms with E-state index >= 15 is 0 Å². The first-order valence-corrected chi connectivity index (χ1v) is 8.01. The average Bonchev–Trinajstić information content (AvgIpc) is 2.80. The maximum absolute atomic E-state index is 12.4. The smallest absolute Gasteiger partial charge is 0.254 e. The predicted molar refractivity (Wildman–Crippen MR) is 84.7 cm³/mol. The van der Waals surface area contributed by atoms with Gasteiger partial charge in [0.1, 0.15) is 5.00 Å². The number of fused-ring (bicyclic) bond motifs is 1. The molecule has 7 heteroatoms. The zero-order valence-corrected chi connectivity index (χ0v) is 13.3. The first-order valence-electron chi connectivity index (χ1n) is 7.19. The monoisotopic (exact) mass is 310 g/mol. The SMILES string of the molecule is CCN1CCc2c(sc(NC(C)=O)c2C(=O)NCCN)C1. The molecule has 0 saturated carbocycles. The van der Waals surface area contributed by atoms with E-state index in [9.17, 15) is 9.59 Å². The molecule has 2 amide bonds. The maximum Gasteiger partial charge on any atom is 0.254 e. The molecule has 0 spiro atoms. The number of likely N-dealkylation sites (N-methyl/N-ethyl adjacent to an activating group) is 1. The van der Waals surface area contributed by atoms with Gasteiger partial charge < -0.3 is 16.4 Å². The van der Waals surface area contributed by atoms with Gasteiger partial charge in [0.05, 0.1) is 5.56 Å². The van der Waals surface area contributed by atoms with Gasteiger partial charge in [0.2, 0.25) is 5.91 Å². The number of nitrogens with two attached hydrogens (primary N) is 1. The minimum absolute atomic E-state index is 0.147. The summed E-state index contributed by atoms with van der Waals surface area (Å²) in [4.78, 5) is 27.2. The van der Waals surface area contributed by atoms with E-state index in [2.05, 4.69) is 22.5 Å². The van der Waals surface area contributed by atoms with Crippen molar-refractivity contribution in [2.45, 2.75) is 26.8 Å². The third-order valence-electron chi connectivity index (χ3n) is 3.53. The Hall–Kier alpha value is -1.44. The number of amides is 2. The lowest BCUT2D eigenvalue weighted by Gasteiger charge is -2.25. The molecule has 0 saturated heterocycles. The molecule has 0 aliphatic carbocycles. The van der Waals surface area contributed by atoms with Crippen LogP contribution in [0.5, 0.6) is 0 Å². The van der Waals surface area contributed by atoms with Gasteiger partial charge in [-0.2, -0.15) is 0 Å². The number of nitrogens with zero attached hydrogens (tertiary/aromatic N) is 1. The van der Waals surface area contributed by atoms with Crippen LogP contribution < -0.4 is 16.4 Å². The van der Waals surface area contributed by atoms with Gasteiger partial charge in [0.25, 0.3) is 5.91 Å². The van der Waals surface area contributed by atoms with Crippen LogP contribution in [0.2, 0.25) is 0 Å². The molecule has 0 fully saturated rings. The molecule has 0 unspecified atom stereocenters. The zero-order valence-electron chi connectivity index (χ0n) is 12.5. The molecule has 116 valence electrons. The Labute approximate surface area is 128 Å². The predicted octanol–water partition coefficient (Wildman–Crippen LogP) is 0.773. The van der Waals surface area contributed by atoms with Crippen molar-refractivity contribution in [1.29, 1.82) is 0 Å². The number of hydrogen-bond donors (Lipinski definition) is 3. The Morgan fingerprint density at radius 3 is 2.81 bits per heavy atom. The van der Waals surface area contributed by atoms with Crippen molar-refractivity contribution in [2.24, 2.45) is 5.73 Å². The first-order chi connectivity index (χ1) is 10.1. The molecule has 2 rings (SSSR count). The molecular weight excluding hydrogens is 288 g/mol. The molecule has 21 heavy (non-hydrogen) atoms. The van der Waals surface area contributed by atoms with Crippen LogP contribution in [0.25, 0.3) is 0 Å². The molecule has 2 heterocycles. The summed E-state index contributed by atoms with van der Waals surface area (Å²) in [5.41, 5.74) is 7.13. The van der Waals surface area contributed by atoms with Gasteiger partial charge in [-0.1, -0.05) is 6.92 Å². The molecule has 1 aromatic rings. The van der Waals surface area contributed by atoms with E-state index in [0.29, 0.717) is 23.7 Å². The van der Waals surface area contributed by atoms with E-state index in [1.807, 2.05) is 0 Å². The summed E-state index contributed by atoms with van der Waals surface area (Å²) in [6.45, 7) is 7.19. The topological polar surface area (TPSA) is 87.5 Å². The van der Waals surface area contributed by atoms with E-state index in [0.717, 1.165) is 31.6 Å². The number of thiophene rings is 1. The first kappa shape index (κ1) is 15.9. The maximum atomic E-state index is 12.4. The zero-order chi connectivity index (χ0) is 15.4. The van der Waals surface area contributed by atoms with Gasteiger partial charge in [-0.05, 0) is 18.5 Å². The van der Waals surface area contributed by atoms with Crippen LogP contribution in [0.3, 0.4) is 0 Å². The minimum atomic E-state index is -0.159. The highest BCUT2D eigenvalue weighted by atomic mass is 32.1. The quantitative estimate of drug-likeness (QED) is 0.750. The van der Waals surface area contributed by atoms with Crippen molar-refractivity contribution in [1.82, 2.24) is 10.2 Å². The lowest BCUT2D eigenvalue weighted by Crippen LogP contribution is -2.33. The fraction of sp³-hybridized carbons (Fsp3) is 0.571. The summed E-state index contributed by atoms with van der Waals surface area (Å²) in [6, 6.07) is 0. The average molecular weight is 310 g/mol. The largest absolute Gasteiger partial charge is 0.351 e. The highest BCUT2D eigenvalue weighted by Crippen LogP contribution is 2.37. The van der Waals surface area contributed by atoms with E-state index in [1.54, 1.807) is 0 Å². The second-order valence-electron chi connectivity index (χ2n) is 5.05. The van der Waals surface area contributed by atoms with E-state index < -0.39 is 0 Å². The van der Waals surface area contributed by atoms with Crippen LogP contribution in [0.15, 0.2) is 0 Å². The highest BCUT2D eigenvalue weighted by molar-refractivity contribution is 7.17. The van der Waals surface area contributed by atoms with Crippen molar-refractivity contribution in [3.8, 4) is 0 Å². The van der Waals surface area contributed by atoms with E-state index in [4.69, 9.17) is 5.73 Å². The molecule has 1 aliphatic heterocycles. The van der Waals surface area contributed by atoms with Crippen LogP contribution in [0, 0.1) is 0 Å². The van der Waals surface area contributed by atoms with E-state index in [-0.39, 0.29) is 11.8 Å². The summed E-state index contributed by atoms with van der Waals surface area (Å²) in [7, 11) is 0. The standard InChI is InChI=1S/C14H22N4O2S/c1-3-18-7-4-10-11(8-18)21-14(17-9(2)19)12(10)13(20)16-6-5-15/h3-8,15H2,1-2H3,(H,16,20)(H,17,19). The number of carbonyl (C=O) groups is 2. The number of anilines is 1. The summed E-state index contributed by atoms with van der Waals surface area (Å²) < 4.78 is 0. The number of rotatable bonds is 5. The van der Waals surface area contributed by atoms with Gasteiger partial charge in [-0.15, -0.1) is 11.3 Å². The molecule has 0 atom stereocenters. The highest BCUT2D eigenvalue weighted by Gasteiger charge is 2.27. The molecule has 0 aromatic carbocycles. The van der Waals surface area contributed by atoms with Crippen molar-refractivity contribution in [3.63, 3.8) is 0 Å². The molecule has 0 radical (unpaired) electrons. The Kier molecular flexibility index (Phi) is 5.33. The Balaban J connectivity index is 2.33. The Bertz CT molecular complexity index is 541. The van der Waals surface area contributed by atoms with Crippen molar-refractivity contribution >= 4 is 28.2 Å². The van der Waals surface area contributed by atoms with Gasteiger partial charge in [0, 0.05) is 38.0 Å². The molecule has 1 aliphatic rings. The fourth-order valence-corrected chi connectivity index (χ4v) is 3.82. The van der Waals surface area contributed by atoms with Gasteiger partial charge in [-0.25, -0.2) is 0 Å². The van der Waals surface area contributed by atoms with Crippen molar-refractivity contribution in [2.75, 3.05) is 31.5 Å². The molecular formula is C14H22N4O2S. The minimum Gasteiger partial charge on any atom is -0.351 e. The summed E-state index contributed by atoms with van der Waals surface area (Å²) in [5, 5.41) is 6.24. The number of nitrogens with one attached hydrogen (secondary N) is 2. The van der Waals surface area contributed by atoms with Crippen LogP contribution >= 0.6 is 11.3 Å². The normalized spacial score (nSPS) is 14.6. The molecule has 6 nitrogen and oxygen atoms in total. The fourth-order valence-electron chi connectivity index (χ4n) is 2.49. The van der Waals surface area contributed by atoms with Gasteiger partial charge in [-0.3, -0.25) is 14.5 Å². The van der Waals surface area contributed by atoms with Crippen LogP contribution in [-0.2, 0) is 17.8 Å². The summed E-state index contributed by atoms with van der Waals surface area (Å²) in [5.74, 6) is -0.305. The van der Waals surface area contributed by atoms with E-state index in [1.165, 1.54) is 23.1 Å². The summed E-state index contributed by atoms with van der Waals surface area (Å²) in [6.07, 6.45) is 0.838.